The molecule has 4 heteroatoms. The number of nitrogens with one attached hydrogen (secondary N) is 1. The number of aryl methyl sites for hydroxylation is 1. The Morgan fingerprint density at radius 2 is 2.24 bits per heavy atom. The summed E-state index contributed by atoms with van der Waals surface area (Å²) >= 11 is 0. The molecule has 0 aliphatic carbocycles. The Morgan fingerprint density at radius 3 is 2.94 bits per heavy atom. The van der Waals surface area contributed by atoms with E-state index in [4.69, 9.17) is 0 Å². The number of rotatable bonds is 1. The van der Waals surface area contributed by atoms with Crippen molar-refractivity contribution >= 4 is 5.82 Å². The van der Waals surface area contributed by atoms with E-state index in [1.165, 1.54) is 32.4 Å². The molecule has 3 rings (SSSR count). The number of piperidine rings is 1. The Hall–Kier alpha value is -1.16. The van der Waals surface area contributed by atoms with Crippen molar-refractivity contribution in [3.05, 3.63) is 17.8 Å². The first-order chi connectivity index (χ1) is 8.27. The highest BCUT2D eigenvalue weighted by Gasteiger charge is 2.39. The summed E-state index contributed by atoms with van der Waals surface area (Å²) in [7, 11) is 0. The third kappa shape index (κ3) is 2.14. The van der Waals surface area contributed by atoms with Gasteiger partial charge in [-0.25, -0.2) is 0 Å². The molecule has 0 amide bonds. The predicted octanol–water partition coefficient (Wildman–Crippen LogP) is 1.36. The van der Waals surface area contributed by atoms with Gasteiger partial charge in [-0.15, -0.1) is 5.10 Å². The van der Waals surface area contributed by atoms with Gasteiger partial charge in [0.25, 0.3) is 0 Å². The van der Waals surface area contributed by atoms with Crippen LogP contribution < -0.4 is 10.2 Å². The van der Waals surface area contributed by atoms with Gasteiger partial charge in [-0.1, -0.05) is 0 Å². The van der Waals surface area contributed by atoms with Gasteiger partial charge in [0.2, 0.25) is 0 Å². The molecule has 2 fully saturated rings. The molecule has 0 saturated carbocycles. The molecule has 0 unspecified atom stereocenters. The van der Waals surface area contributed by atoms with E-state index in [2.05, 4.69) is 26.5 Å². The Bertz CT molecular complexity index is 381. The van der Waals surface area contributed by atoms with Crippen molar-refractivity contribution in [1.82, 2.24) is 15.5 Å². The molecule has 1 atom stereocenters. The van der Waals surface area contributed by atoms with Gasteiger partial charge in [0.15, 0.2) is 5.82 Å². The molecule has 1 aromatic heterocycles. The third-order valence-electron chi connectivity index (χ3n) is 4.11. The van der Waals surface area contributed by atoms with Crippen molar-refractivity contribution in [3.63, 3.8) is 0 Å². The minimum Gasteiger partial charge on any atom is -0.355 e. The molecule has 1 N–H and O–H groups in total. The molecule has 0 bridgehead atoms. The smallest absolute Gasteiger partial charge is 0.151 e. The fourth-order valence-corrected chi connectivity index (χ4v) is 3.07. The van der Waals surface area contributed by atoms with Gasteiger partial charge in [-0.05, 0) is 44.9 Å². The van der Waals surface area contributed by atoms with Crippen LogP contribution in [0.1, 0.15) is 25.0 Å². The van der Waals surface area contributed by atoms with Gasteiger partial charge < -0.3 is 10.2 Å². The monoisotopic (exact) mass is 232 g/mol. The van der Waals surface area contributed by atoms with Crippen molar-refractivity contribution in [2.75, 3.05) is 31.1 Å². The van der Waals surface area contributed by atoms with E-state index in [0.29, 0.717) is 5.41 Å². The first kappa shape index (κ1) is 11.0. The summed E-state index contributed by atoms with van der Waals surface area (Å²) in [6.45, 7) is 6.60. The van der Waals surface area contributed by atoms with Crippen molar-refractivity contribution < 1.29 is 0 Å². The lowest BCUT2D eigenvalue weighted by Crippen LogP contribution is -2.42. The molecule has 0 radical (unpaired) electrons. The zero-order valence-electron chi connectivity index (χ0n) is 10.4. The summed E-state index contributed by atoms with van der Waals surface area (Å²) in [5.74, 6) is 1.04. The van der Waals surface area contributed by atoms with Crippen LogP contribution >= 0.6 is 0 Å². The molecule has 1 spiro atoms. The molecular weight excluding hydrogens is 212 g/mol. The van der Waals surface area contributed by atoms with Crippen molar-refractivity contribution in [2.45, 2.75) is 26.2 Å². The normalized spacial score (nSPS) is 28.9. The zero-order chi connectivity index (χ0) is 11.7. The molecule has 3 heterocycles. The second-order valence-electron chi connectivity index (χ2n) is 5.48. The first-order valence-electron chi connectivity index (χ1n) is 6.54. The molecule has 2 saturated heterocycles. The highest BCUT2D eigenvalue weighted by molar-refractivity contribution is 5.39. The molecule has 17 heavy (non-hydrogen) atoms. The van der Waals surface area contributed by atoms with Gasteiger partial charge in [0.05, 0.1) is 5.69 Å². The van der Waals surface area contributed by atoms with Crippen molar-refractivity contribution in [1.29, 1.82) is 0 Å². The maximum absolute atomic E-state index is 4.29. The lowest BCUT2D eigenvalue weighted by atomic mass is 9.80. The van der Waals surface area contributed by atoms with Crippen LogP contribution in [0.2, 0.25) is 0 Å². The van der Waals surface area contributed by atoms with Crippen LogP contribution in [-0.4, -0.2) is 36.4 Å². The van der Waals surface area contributed by atoms with E-state index in [0.717, 1.165) is 24.6 Å². The van der Waals surface area contributed by atoms with Gasteiger partial charge >= 0.3 is 0 Å². The fourth-order valence-electron chi connectivity index (χ4n) is 3.07. The van der Waals surface area contributed by atoms with Gasteiger partial charge in [-0.2, -0.15) is 5.10 Å². The Labute approximate surface area is 102 Å². The number of hydrogen-bond acceptors (Lipinski definition) is 4. The summed E-state index contributed by atoms with van der Waals surface area (Å²) in [5, 5.41) is 12.0. The molecule has 2 aliphatic rings. The van der Waals surface area contributed by atoms with E-state index in [9.17, 15) is 0 Å². The predicted molar refractivity (Wildman–Crippen MR) is 68.1 cm³/mol. The number of nitrogens with zero attached hydrogens (tertiary/aromatic N) is 3. The molecule has 1 aromatic rings. The van der Waals surface area contributed by atoms with Gasteiger partial charge in [0, 0.05) is 25.0 Å². The van der Waals surface area contributed by atoms with Crippen LogP contribution in [-0.2, 0) is 0 Å². The Morgan fingerprint density at radius 1 is 1.29 bits per heavy atom. The second kappa shape index (κ2) is 4.26. The van der Waals surface area contributed by atoms with Crippen molar-refractivity contribution in [3.8, 4) is 0 Å². The largest absolute Gasteiger partial charge is 0.355 e. The van der Waals surface area contributed by atoms with Crippen molar-refractivity contribution in [2.24, 2.45) is 5.41 Å². The highest BCUT2D eigenvalue weighted by Crippen LogP contribution is 2.37. The average molecular weight is 232 g/mol. The standard InChI is InChI=1S/C13H20N4/c1-11-3-4-12(16-15-11)17-8-6-13(10-17)5-2-7-14-9-13/h3-4,14H,2,5-10H2,1H3/t13-/m0/s1. The fraction of sp³-hybridized carbons (Fsp3) is 0.692. The second-order valence-corrected chi connectivity index (χ2v) is 5.48. The van der Waals surface area contributed by atoms with E-state index in [1.807, 2.05) is 13.0 Å². The summed E-state index contributed by atoms with van der Waals surface area (Å²) in [4.78, 5) is 2.39. The van der Waals surface area contributed by atoms with Gasteiger partial charge in [0.1, 0.15) is 0 Å². The molecule has 92 valence electrons. The maximum atomic E-state index is 4.29. The summed E-state index contributed by atoms with van der Waals surface area (Å²) in [6.07, 6.45) is 3.96. The molecule has 4 nitrogen and oxygen atoms in total. The lowest BCUT2D eigenvalue weighted by Gasteiger charge is -2.33. The Kier molecular flexibility index (Phi) is 2.74. The van der Waals surface area contributed by atoms with Crippen LogP contribution in [0.5, 0.6) is 0 Å². The molecule has 2 aliphatic heterocycles. The quantitative estimate of drug-likeness (QED) is 0.794. The van der Waals surface area contributed by atoms with E-state index in [1.54, 1.807) is 0 Å². The van der Waals surface area contributed by atoms with Crippen LogP contribution in [0.15, 0.2) is 12.1 Å². The summed E-state index contributed by atoms with van der Waals surface area (Å²) in [6, 6.07) is 4.14. The van der Waals surface area contributed by atoms with Crippen LogP contribution in [0.25, 0.3) is 0 Å². The minimum absolute atomic E-state index is 0.491. The maximum Gasteiger partial charge on any atom is 0.151 e. The van der Waals surface area contributed by atoms with E-state index in [-0.39, 0.29) is 0 Å². The number of aromatic nitrogens is 2. The van der Waals surface area contributed by atoms with Crippen LogP contribution in [0.4, 0.5) is 5.82 Å². The number of hydrogen-bond donors (Lipinski definition) is 1. The summed E-state index contributed by atoms with van der Waals surface area (Å²) in [5.41, 5.74) is 1.48. The third-order valence-corrected chi connectivity index (χ3v) is 4.11. The first-order valence-corrected chi connectivity index (χ1v) is 6.54. The molecular formula is C13H20N4. The van der Waals surface area contributed by atoms with Crippen LogP contribution in [0, 0.1) is 12.3 Å². The van der Waals surface area contributed by atoms with E-state index < -0.39 is 0 Å². The Balaban J connectivity index is 1.72. The van der Waals surface area contributed by atoms with E-state index >= 15 is 0 Å². The van der Waals surface area contributed by atoms with Crippen LogP contribution in [0.3, 0.4) is 0 Å². The topological polar surface area (TPSA) is 41.0 Å². The SMILES string of the molecule is Cc1ccc(N2CC[C@]3(CCCNC3)C2)nn1. The minimum atomic E-state index is 0.491. The lowest BCUT2D eigenvalue weighted by molar-refractivity contribution is 0.239. The van der Waals surface area contributed by atoms with Gasteiger partial charge in [-0.3, -0.25) is 0 Å². The summed E-state index contributed by atoms with van der Waals surface area (Å²) < 4.78 is 0. The zero-order valence-corrected chi connectivity index (χ0v) is 10.4. The highest BCUT2D eigenvalue weighted by atomic mass is 15.3. The number of anilines is 1. The molecule has 0 aromatic carbocycles. The average Bonchev–Trinajstić information content (AvgIpc) is 2.75.